The van der Waals surface area contributed by atoms with Crippen LogP contribution in [0.2, 0.25) is 0 Å². The minimum atomic E-state index is -0.268. The summed E-state index contributed by atoms with van der Waals surface area (Å²) in [6.45, 7) is 0. The molecule has 128 valence electrons. The van der Waals surface area contributed by atoms with Gasteiger partial charge in [0.15, 0.2) is 5.17 Å². The summed E-state index contributed by atoms with van der Waals surface area (Å²) >= 11 is 2.84. The maximum absolute atomic E-state index is 13.0. The standard InChI is InChI=1S/C18H16FN3OS2/c19-12-7-5-11(6-8-12)17-20-14(10-24-17)9-15-16(23)22-18(25-15)21-13-3-1-2-4-13/h5-10,13H,1-4H2,(H,21,22,23)/b15-9-. The van der Waals surface area contributed by atoms with E-state index in [4.69, 9.17) is 0 Å². The molecule has 2 aliphatic rings. The molecule has 2 heterocycles. The number of nitrogens with one attached hydrogen (secondary N) is 1. The summed E-state index contributed by atoms with van der Waals surface area (Å²) in [6, 6.07) is 6.58. The van der Waals surface area contributed by atoms with Gasteiger partial charge in [-0.05, 0) is 54.9 Å². The van der Waals surface area contributed by atoms with E-state index in [0.29, 0.717) is 16.1 Å². The van der Waals surface area contributed by atoms with Crippen LogP contribution in [0.4, 0.5) is 4.39 Å². The molecule has 4 rings (SSSR count). The summed E-state index contributed by atoms with van der Waals surface area (Å²) < 4.78 is 13.0. The molecule has 1 saturated carbocycles. The summed E-state index contributed by atoms with van der Waals surface area (Å²) in [5.41, 5.74) is 1.59. The Balaban J connectivity index is 1.51. The number of thioether (sulfide) groups is 1. The van der Waals surface area contributed by atoms with E-state index in [2.05, 4.69) is 15.3 Å². The fourth-order valence-corrected chi connectivity index (χ4v) is 4.56. The highest BCUT2D eigenvalue weighted by molar-refractivity contribution is 8.18. The third-order valence-electron chi connectivity index (χ3n) is 4.17. The second kappa shape index (κ2) is 7.09. The van der Waals surface area contributed by atoms with Crippen molar-refractivity contribution in [1.29, 1.82) is 0 Å². The van der Waals surface area contributed by atoms with Crippen molar-refractivity contribution in [2.75, 3.05) is 0 Å². The molecule has 1 aliphatic carbocycles. The maximum Gasteiger partial charge on any atom is 0.264 e. The fourth-order valence-electron chi connectivity index (χ4n) is 2.90. The van der Waals surface area contributed by atoms with E-state index >= 15 is 0 Å². The molecule has 7 heteroatoms. The lowest BCUT2D eigenvalue weighted by atomic mass is 10.2. The minimum Gasteiger partial charge on any atom is -0.301 e. The van der Waals surface area contributed by atoms with Crippen molar-refractivity contribution < 1.29 is 9.18 Å². The predicted octanol–water partition coefficient (Wildman–Crippen LogP) is 4.45. The van der Waals surface area contributed by atoms with Crippen LogP contribution in [0, 0.1) is 5.82 Å². The fraction of sp³-hybridized carbons (Fsp3) is 0.278. The zero-order chi connectivity index (χ0) is 17.2. The van der Waals surface area contributed by atoms with Gasteiger partial charge in [-0.3, -0.25) is 9.79 Å². The Morgan fingerprint density at radius 2 is 2.00 bits per heavy atom. The molecular formula is C18H16FN3OS2. The second-order valence-electron chi connectivity index (χ2n) is 6.02. The molecule has 0 spiro atoms. The molecular weight excluding hydrogens is 357 g/mol. The van der Waals surface area contributed by atoms with Crippen LogP contribution in [0.5, 0.6) is 0 Å². The van der Waals surface area contributed by atoms with Gasteiger partial charge in [0.05, 0.1) is 16.6 Å². The van der Waals surface area contributed by atoms with E-state index in [1.54, 1.807) is 18.2 Å². The lowest BCUT2D eigenvalue weighted by Crippen LogP contribution is -2.21. The van der Waals surface area contributed by atoms with Gasteiger partial charge in [-0.1, -0.05) is 12.8 Å². The summed E-state index contributed by atoms with van der Waals surface area (Å²) in [5.74, 6) is -0.395. The predicted molar refractivity (Wildman–Crippen MR) is 101 cm³/mol. The number of thiazole rings is 1. The van der Waals surface area contributed by atoms with Gasteiger partial charge >= 0.3 is 0 Å². The van der Waals surface area contributed by atoms with Crippen molar-refractivity contribution in [3.63, 3.8) is 0 Å². The number of carbonyl (C=O) groups is 1. The molecule has 1 N–H and O–H groups in total. The van der Waals surface area contributed by atoms with Crippen LogP contribution < -0.4 is 5.32 Å². The van der Waals surface area contributed by atoms with Gasteiger partial charge < -0.3 is 5.32 Å². The van der Waals surface area contributed by atoms with E-state index in [1.807, 2.05) is 5.38 Å². The average molecular weight is 373 g/mol. The lowest BCUT2D eigenvalue weighted by molar-refractivity contribution is -0.115. The van der Waals surface area contributed by atoms with Gasteiger partial charge in [-0.15, -0.1) is 11.3 Å². The van der Waals surface area contributed by atoms with Crippen LogP contribution in [0.3, 0.4) is 0 Å². The summed E-state index contributed by atoms with van der Waals surface area (Å²) in [5, 5.41) is 6.22. The molecule has 0 radical (unpaired) electrons. The van der Waals surface area contributed by atoms with E-state index in [-0.39, 0.29) is 11.7 Å². The Kier molecular flexibility index (Phi) is 4.67. The van der Waals surface area contributed by atoms with E-state index in [0.717, 1.165) is 29.1 Å². The summed E-state index contributed by atoms with van der Waals surface area (Å²) in [7, 11) is 0. The van der Waals surface area contributed by atoms with Crippen LogP contribution >= 0.6 is 23.1 Å². The van der Waals surface area contributed by atoms with Crippen molar-refractivity contribution in [2.45, 2.75) is 31.7 Å². The zero-order valence-electron chi connectivity index (χ0n) is 13.4. The number of hydrogen-bond acceptors (Lipinski definition) is 5. The maximum atomic E-state index is 13.0. The number of nitrogens with zero attached hydrogens (tertiary/aromatic N) is 2. The Labute approximate surface area is 153 Å². The monoisotopic (exact) mass is 373 g/mol. The molecule has 0 bridgehead atoms. The molecule has 4 nitrogen and oxygen atoms in total. The molecule has 25 heavy (non-hydrogen) atoms. The first-order valence-electron chi connectivity index (χ1n) is 8.17. The van der Waals surface area contributed by atoms with Gasteiger partial charge in [-0.2, -0.15) is 0 Å². The quantitative estimate of drug-likeness (QED) is 0.809. The smallest absolute Gasteiger partial charge is 0.264 e. The highest BCUT2D eigenvalue weighted by atomic mass is 32.2. The lowest BCUT2D eigenvalue weighted by Gasteiger charge is -2.02. The van der Waals surface area contributed by atoms with Crippen molar-refractivity contribution >= 4 is 40.2 Å². The number of amidine groups is 1. The van der Waals surface area contributed by atoms with Crippen LogP contribution in [0.25, 0.3) is 16.6 Å². The number of rotatable bonds is 3. The highest BCUT2D eigenvalue weighted by Gasteiger charge is 2.26. The number of aromatic nitrogens is 1. The Hall–Kier alpha value is -1.99. The van der Waals surface area contributed by atoms with Crippen molar-refractivity contribution in [3.8, 4) is 10.6 Å². The number of aliphatic imine (C=N–C) groups is 1. The molecule has 1 aromatic carbocycles. The SMILES string of the molecule is O=C1NC(=NC2CCCC2)S/C1=C\c1csc(-c2ccc(F)cc2)n1. The van der Waals surface area contributed by atoms with Crippen LogP contribution in [-0.2, 0) is 4.79 Å². The third-order valence-corrected chi connectivity index (χ3v) is 6.00. The Bertz CT molecular complexity index is 851. The van der Waals surface area contributed by atoms with Crippen LogP contribution in [0.15, 0.2) is 39.5 Å². The molecule has 1 saturated heterocycles. The summed E-state index contributed by atoms with van der Waals surface area (Å²) in [6.07, 6.45) is 6.42. The van der Waals surface area contributed by atoms with E-state index in [9.17, 15) is 9.18 Å². The molecule has 2 aromatic rings. The largest absolute Gasteiger partial charge is 0.301 e. The average Bonchev–Trinajstić information content (AvgIpc) is 3.32. The topological polar surface area (TPSA) is 54.4 Å². The Morgan fingerprint density at radius 1 is 1.24 bits per heavy atom. The van der Waals surface area contributed by atoms with Gasteiger partial charge in [0.1, 0.15) is 10.8 Å². The van der Waals surface area contributed by atoms with Crippen molar-refractivity contribution in [1.82, 2.24) is 10.3 Å². The van der Waals surface area contributed by atoms with Gasteiger partial charge in [-0.25, -0.2) is 9.37 Å². The Morgan fingerprint density at radius 3 is 2.76 bits per heavy atom. The first kappa shape index (κ1) is 16.5. The normalized spacial score (nSPS) is 21.4. The number of benzene rings is 1. The second-order valence-corrected chi connectivity index (χ2v) is 7.91. The zero-order valence-corrected chi connectivity index (χ0v) is 15.0. The number of carbonyl (C=O) groups excluding carboxylic acids is 1. The van der Waals surface area contributed by atoms with Gasteiger partial charge in [0.2, 0.25) is 0 Å². The van der Waals surface area contributed by atoms with Crippen LogP contribution in [-0.4, -0.2) is 22.1 Å². The third kappa shape index (κ3) is 3.82. The number of amides is 1. The van der Waals surface area contributed by atoms with Gasteiger partial charge in [0.25, 0.3) is 5.91 Å². The van der Waals surface area contributed by atoms with Crippen molar-refractivity contribution in [3.05, 3.63) is 46.1 Å². The number of hydrogen-bond donors (Lipinski definition) is 1. The molecule has 2 fully saturated rings. The van der Waals surface area contributed by atoms with Crippen molar-refractivity contribution in [2.24, 2.45) is 4.99 Å². The number of halogens is 1. The van der Waals surface area contributed by atoms with E-state index in [1.165, 1.54) is 48.1 Å². The molecule has 1 aromatic heterocycles. The molecule has 1 aliphatic heterocycles. The van der Waals surface area contributed by atoms with Crippen LogP contribution in [0.1, 0.15) is 31.4 Å². The highest BCUT2D eigenvalue weighted by Crippen LogP contribution is 2.30. The minimum absolute atomic E-state index is 0.127. The van der Waals surface area contributed by atoms with Gasteiger partial charge in [0, 0.05) is 10.9 Å². The molecule has 1 amide bonds. The summed E-state index contributed by atoms with van der Waals surface area (Å²) in [4.78, 5) is 21.9. The van der Waals surface area contributed by atoms with E-state index < -0.39 is 0 Å². The molecule has 0 unspecified atom stereocenters. The first-order valence-corrected chi connectivity index (χ1v) is 9.87. The first-order chi connectivity index (χ1) is 12.2. The molecule has 0 atom stereocenters.